The summed E-state index contributed by atoms with van der Waals surface area (Å²) in [6.07, 6.45) is 0. The first-order valence-corrected chi connectivity index (χ1v) is 9.13. The summed E-state index contributed by atoms with van der Waals surface area (Å²) < 4.78 is 6.00. The van der Waals surface area contributed by atoms with Gasteiger partial charge in [0.25, 0.3) is 0 Å². The molecule has 0 bridgehead atoms. The average molecular weight is 375 g/mol. The van der Waals surface area contributed by atoms with Crippen molar-refractivity contribution in [2.75, 3.05) is 51.4 Å². The second kappa shape index (κ2) is 8.73. The van der Waals surface area contributed by atoms with Crippen LogP contribution >= 0.6 is 35.6 Å². The van der Waals surface area contributed by atoms with Crippen molar-refractivity contribution in [1.29, 1.82) is 0 Å². The monoisotopic (exact) mass is 374 g/mol. The number of nitrogens with one attached hydrogen (secondary N) is 2. The second-order valence-corrected chi connectivity index (χ2v) is 7.44. The zero-order chi connectivity index (χ0) is 16.8. The number of piperazine rings is 1. The lowest BCUT2D eigenvalue weighted by atomic mass is 10.3. The maximum Gasteiger partial charge on any atom is 0.234 e. The highest BCUT2D eigenvalue weighted by Crippen LogP contribution is 2.27. The van der Waals surface area contributed by atoms with Crippen LogP contribution in [-0.2, 0) is 4.79 Å². The largest absolute Gasteiger partial charge is 0.495 e. The Morgan fingerprint density at radius 3 is 2.83 bits per heavy atom. The van der Waals surface area contributed by atoms with Crippen molar-refractivity contribution in [2.45, 2.75) is 0 Å². The van der Waals surface area contributed by atoms with Crippen molar-refractivity contribution in [1.82, 2.24) is 4.90 Å². The molecule has 0 atom stereocenters. The molecule has 0 aliphatic carbocycles. The van der Waals surface area contributed by atoms with Gasteiger partial charge in [0.15, 0.2) is 0 Å². The summed E-state index contributed by atoms with van der Waals surface area (Å²) in [5, 5.41) is 3.36. The van der Waals surface area contributed by atoms with Crippen LogP contribution in [0.15, 0.2) is 18.2 Å². The Hall–Kier alpha value is -1.02. The Morgan fingerprint density at radius 2 is 2.17 bits per heavy atom. The summed E-state index contributed by atoms with van der Waals surface area (Å²) in [6.45, 7) is 4.04. The van der Waals surface area contributed by atoms with Gasteiger partial charge in [0.2, 0.25) is 5.91 Å². The van der Waals surface area contributed by atoms with Crippen molar-refractivity contribution < 1.29 is 14.4 Å². The van der Waals surface area contributed by atoms with E-state index in [1.807, 2.05) is 0 Å². The van der Waals surface area contributed by atoms with Gasteiger partial charge in [0, 0.05) is 5.02 Å². The summed E-state index contributed by atoms with van der Waals surface area (Å²) in [6, 6.07) is 5.11. The van der Waals surface area contributed by atoms with Crippen LogP contribution in [0.25, 0.3) is 0 Å². The number of methoxy groups -OCH3 is 1. The third-order valence-corrected chi connectivity index (χ3v) is 5.40. The van der Waals surface area contributed by atoms with Crippen molar-refractivity contribution in [3.05, 3.63) is 23.2 Å². The summed E-state index contributed by atoms with van der Waals surface area (Å²) in [7, 11) is 3.73. The van der Waals surface area contributed by atoms with Crippen LogP contribution in [-0.4, -0.2) is 61.2 Å². The lowest BCUT2D eigenvalue weighted by Crippen LogP contribution is -3.12. The molecule has 1 aliphatic rings. The van der Waals surface area contributed by atoms with E-state index in [2.05, 4.69) is 17.3 Å². The van der Waals surface area contributed by atoms with Gasteiger partial charge in [-0.1, -0.05) is 35.6 Å². The molecule has 8 heteroatoms. The van der Waals surface area contributed by atoms with Gasteiger partial charge in [0.05, 0.1) is 51.8 Å². The Morgan fingerprint density at radius 1 is 1.48 bits per heavy atom. The predicted octanol–water partition coefficient (Wildman–Crippen LogP) is 1.14. The molecule has 2 rings (SSSR count). The number of halogens is 1. The smallest absolute Gasteiger partial charge is 0.234 e. The van der Waals surface area contributed by atoms with Crippen molar-refractivity contribution in [3.8, 4) is 5.75 Å². The van der Waals surface area contributed by atoms with Crippen LogP contribution in [0.1, 0.15) is 0 Å². The van der Waals surface area contributed by atoms with Crippen LogP contribution in [0.4, 0.5) is 5.69 Å². The van der Waals surface area contributed by atoms with E-state index in [9.17, 15) is 4.79 Å². The molecule has 0 unspecified atom stereocenters. The number of hydrogen-bond acceptors (Lipinski definition) is 4. The minimum atomic E-state index is -0.127. The molecule has 0 radical (unpaired) electrons. The van der Waals surface area contributed by atoms with E-state index in [4.69, 9.17) is 28.6 Å². The molecule has 1 saturated heterocycles. The average Bonchev–Trinajstić information content (AvgIpc) is 2.53. The summed E-state index contributed by atoms with van der Waals surface area (Å²) in [5.74, 6) is 0.725. The zero-order valence-electron chi connectivity index (χ0n) is 13.2. The molecule has 1 aromatic rings. The van der Waals surface area contributed by atoms with Crippen LogP contribution in [0.2, 0.25) is 5.02 Å². The third-order valence-electron chi connectivity index (χ3n) is 3.64. The van der Waals surface area contributed by atoms with E-state index in [0.717, 1.165) is 30.5 Å². The van der Waals surface area contributed by atoms with Gasteiger partial charge in [-0.2, -0.15) is 0 Å². The van der Waals surface area contributed by atoms with E-state index in [1.165, 1.54) is 16.7 Å². The fraction of sp³-hybridized carbons (Fsp3) is 0.467. The molecule has 1 amide bonds. The van der Waals surface area contributed by atoms with Crippen molar-refractivity contribution in [3.63, 3.8) is 0 Å². The summed E-state index contributed by atoms with van der Waals surface area (Å²) in [5.41, 5.74) is 0.569. The topological polar surface area (TPSA) is 46.0 Å². The molecule has 1 aromatic carbocycles. The molecule has 23 heavy (non-hydrogen) atoms. The van der Waals surface area contributed by atoms with Crippen LogP contribution in [0.3, 0.4) is 0 Å². The number of amides is 1. The first-order valence-electron chi connectivity index (χ1n) is 7.36. The van der Waals surface area contributed by atoms with Gasteiger partial charge in [-0.25, -0.2) is 0 Å². The Kier molecular flexibility index (Phi) is 6.95. The standard InChI is InChI=1S/C15H20ClN3O2S2/c1-18-5-7-19(8-6-18)15(22)23-10-14(20)17-12-9-11(16)3-4-13(12)21-2/h3-4,9H,5-8,10H2,1-2H3,(H,17,20)/p+1. The molecule has 1 heterocycles. The highest BCUT2D eigenvalue weighted by molar-refractivity contribution is 8.23. The molecular weight excluding hydrogens is 354 g/mol. The number of nitrogens with zero attached hydrogens (tertiary/aromatic N) is 1. The van der Waals surface area contributed by atoms with E-state index in [0.29, 0.717) is 16.5 Å². The number of thiocarbonyl (C=S) groups is 1. The number of benzene rings is 1. The third kappa shape index (κ3) is 5.53. The van der Waals surface area contributed by atoms with E-state index in [1.54, 1.807) is 25.3 Å². The summed E-state index contributed by atoms with van der Waals surface area (Å²) in [4.78, 5) is 15.8. The maximum absolute atomic E-state index is 12.1. The normalized spacial score (nSPS) is 15.3. The number of carbonyl (C=O) groups is 1. The molecule has 126 valence electrons. The SMILES string of the molecule is COc1ccc(Cl)cc1NC(=O)CSC(=S)N1CC[NH+](C)CC1. The highest BCUT2D eigenvalue weighted by Gasteiger charge is 2.20. The number of anilines is 1. The molecule has 5 nitrogen and oxygen atoms in total. The Bertz CT molecular complexity index is 578. The van der Waals surface area contributed by atoms with Crippen molar-refractivity contribution >= 4 is 51.5 Å². The molecule has 0 spiro atoms. The lowest BCUT2D eigenvalue weighted by Gasteiger charge is -2.31. The van der Waals surface area contributed by atoms with Crippen LogP contribution in [0, 0.1) is 0 Å². The minimum Gasteiger partial charge on any atom is -0.495 e. The number of quaternary nitrogens is 1. The molecule has 1 fully saturated rings. The maximum atomic E-state index is 12.1. The zero-order valence-corrected chi connectivity index (χ0v) is 15.6. The van der Waals surface area contributed by atoms with Crippen LogP contribution in [0.5, 0.6) is 5.75 Å². The van der Waals surface area contributed by atoms with E-state index >= 15 is 0 Å². The molecule has 2 N–H and O–H groups in total. The Balaban J connectivity index is 1.83. The molecule has 0 saturated carbocycles. The van der Waals surface area contributed by atoms with Gasteiger partial charge < -0.3 is 19.9 Å². The second-order valence-electron chi connectivity index (χ2n) is 5.39. The predicted molar refractivity (Wildman–Crippen MR) is 99.9 cm³/mol. The molecule has 1 aliphatic heterocycles. The van der Waals surface area contributed by atoms with E-state index < -0.39 is 0 Å². The number of thioether (sulfide) groups is 1. The number of rotatable bonds is 4. The van der Waals surface area contributed by atoms with Gasteiger partial charge in [-0.05, 0) is 18.2 Å². The van der Waals surface area contributed by atoms with Gasteiger partial charge in [-0.15, -0.1) is 0 Å². The first-order chi connectivity index (χ1) is 11.0. The van der Waals surface area contributed by atoms with Crippen LogP contribution < -0.4 is 15.0 Å². The molecular formula is C15H21ClN3O2S2+. The van der Waals surface area contributed by atoms with Gasteiger partial charge in [-0.3, -0.25) is 4.79 Å². The molecule has 0 aromatic heterocycles. The summed E-state index contributed by atoms with van der Waals surface area (Å²) >= 11 is 12.8. The van der Waals surface area contributed by atoms with Crippen molar-refractivity contribution in [2.24, 2.45) is 0 Å². The number of likely N-dealkylation sites (N-methyl/N-ethyl adjacent to an activating group) is 1. The fourth-order valence-corrected chi connectivity index (χ4v) is 3.48. The minimum absolute atomic E-state index is 0.127. The van der Waals surface area contributed by atoms with E-state index in [-0.39, 0.29) is 11.7 Å². The van der Waals surface area contributed by atoms with Gasteiger partial charge >= 0.3 is 0 Å². The number of ether oxygens (including phenoxy) is 1. The van der Waals surface area contributed by atoms with Gasteiger partial charge in [0.1, 0.15) is 10.1 Å². The highest BCUT2D eigenvalue weighted by atomic mass is 35.5. The number of carbonyl (C=O) groups excluding carboxylic acids is 1. The number of hydrogen-bond donors (Lipinski definition) is 2. The Labute approximate surface area is 151 Å². The lowest BCUT2D eigenvalue weighted by molar-refractivity contribution is -0.883. The quantitative estimate of drug-likeness (QED) is 0.774. The fourth-order valence-electron chi connectivity index (χ4n) is 2.25. The first kappa shape index (κ1) is 18.3.